The van der Waals surface area contributed by atoms with E-state index in [1.165, 1.54) is 39.5 Å². The van der Waals surface area contributed by atoms with Gasteiger partial charge in [-0.25, -0.2) is 12.7 Å². The number of amides is 1. The van der Waals surface area contributed by atoms with Gasteiger partial charge in [0.2, 0.25) is 5.75 Å². The van der Waals surface area contributed by atoms with E-state index in [0.29, 0.717) is 18.7 Å². The molecular weight excluding hydrogens is 446 g/mol. The van der Waals surface area contributed by atoms with Crippen molar-refractivity contribution in [3.63, 3.8) is 0 Å². The Bertz CT molecular complexity index is 1270. The SMILES string of the molecule is COc1cc(N(C(=O)[C@@H]2CCCN2)S(=O)(=O)c2ccc3c(ccn3C)c2)cc(OC)c1OC. The van der Waals surface area contributed by atoms with Crippen LogP contribution in [0.1, 0.15) is 12.8 Å². The molecule has 1 saturated heterocycles. The second-order valence-corrected chi connectivity index (χ2v) is 9.57. The topological polar surface area (TPSA) is 99.1 Å². The van der Waals surface area contributed by atoms with Gasteiger partial charge in [-0.05, 0) is 43.7 Å². The van der Waals surface area contributed by atoms with Gasteiger partial charge >= 0.3 is 0 Å². The van der Waals surface area contributed by atoms with Gasteiger partial charge in [-0.3, -0.25) is 4.79 Å². The van der Waals surface area contributed by atoms with E-state index in [4.69, 9.17) is 14.2 Å². The van der Waals surface area contributed by atoms with Crippen molar-refractivity contribution in [2.24, 2.45) is 7.05 Å². The van der Waals surface area contributed by atoms with Gasteiger partial charge in [-0.1, -0.05) is 0 Å². The quantitative estimate of drug-likeness (QED) is 0.563. The van der Waals surface area contributed by atoms with Gasteiger partial charge in [-0.2, -0.15) is 0 Å². The molecule has 1 aliphatic rings. The molecule has 0 saturated carbocycles. The molecule has 0 aliphatic carbocycles. The van der Waals surface area contributed by atoms with E-state index in [-0.39, 0.29) is 22.1 Å². The molecule has 3 aromatic rings. The van der Waals surface area contributed by atoms with Gasteiger partial charge in [0, 0.05) is 36.3 Å². The van der Waals surface area contributed by atoms with Gasteiger partial charge in [-0.15, -0.1) is 0 Å². The molecule has 9 nitrogen and oxygen atoms in total. The number of sulfonamides is 1. The maximum Gasteiger partial charge on any atom is 0.270 e. The Hall–Kier alpha value is -3.24. The van der Waals surface area contributed by atoms with Gasteiger partial charge < -0.3 is 24.1 Å². The molecule has 0 unspecified atom stereocenters. The van der Waals surface area contributed by atoms with Gasteiger partial charge in [0.05, 0.1) is 38.0 Å². The number of nitrogens with zero attached hydrogens (tertiary/aromatic N) is 2. The van der Waals surface area contributed by atoms with Crippen molar-refractivity contribution in [1.29, 1.82) is 0 Å². The number of nitrogens with one attached hydrogen (secondary N) is 1. The normalized spacial score (nSPS) is 16.1. The van der Waals surface area contributed by atoms with Gasteiger partial charge in [0.1, 0.15) is 0 Å². The zero-order valence-corrected chi connectivity index (χ0v) is 19.8. The Morgan fingerprint density at radius 1 is 1.06 bits per heavy atom. The standard InChI is InChI=1S/C23H27N3O6S/c1-25-11-9-15-12-17(7-8-19(15)25)33(28,29)26(23(27)18-6-5-10-24-18)16-13-20(30-2)22(32-4)21(14-16)31-3/h7-9,11-14,18,24H,5-6,10H2,1-4H3/t18-/m0/s1. The molecule has 2 heterocycles. The zero-order valence-electron chi connectivity index (χ0n) is 19.0. The second-order valence-electron chi connectivity index (χ2n) is 7.79. The van der Waals surface area contributed by atoms with E-state index in [1.807, 2.05) is 23.9 Å². The van der Waals surface area contributed by atoms with Gasteiger partial charge in [0.25, 0.3) is 15.9 Å². The Morgan fingerprint density at radius 3 is 2.33 bits per heavy atom. The van der Waals surface area contributed by atoms with Crippen molar-refractivity contribution in [3.8, 4) is 17.2 Å². The number of carbonyl (C=O) groups excluding carboxylic acids is 1. The molecular formula is C23H27N3O6S. The highest BCUT2D eigenvalue weighted by Gasteiger charge is 2.37. The first-order chi connectivity index (χ1) is 15.8. The number of hydrogen-bond acceptors (Lipinski definition) is 7. The fraction of sp³-hybridized carbons (Fsp3) is 0.348. The summed E-state index contributed by atoms with van der Waals surface area (Å²) in [6, 6.07) is 8.97. The maximum absolute atomic E-state index is 13.9. The molecule has 1 atom stereocenters. The lowest BCUT2D eigenvalue weighted by Crippen LogP contribution is -2.46. The molecule has 0 radical (unpaired) electrons. The van der Waals surface area contributed by atoms with E-state index in [9.17, 15) is 13.2 Å². The summed E-state index contributed by atoms with van der Waals surface area (Å²) in [5.41, 5.74) is 0.994. The van der Waals surface area contributed by atoms with E-state index in [2.05, 4.69) is 5.32 Å². The maximum atomic E-state index is 13.9. The number of ether oxygens (including phenoxy) is 3. The monoisotopic (exact) mass is 473 g/mol. The van der Waals surface area contributed by atoms with Crippen LogP contribution < -0.4 is 23.8 Å². The van der Waals surface area contributed by atoms with Crippen LogP contribution in [-0.4, -0.2) is 52.8 Å². The molecule has 1 fully saturated rings. The average Bonchev–Trinajstić information content (AvgIpc) is 3.48. The van der Waals surface area contributed by atoms with E-state index in [0.717, 1.165) is 21.6 Å². The summed E-state index contributed by atoms with van der Waals surface area (Å²) in [6.07, 6.45) is 3.19. The number of fused-ring (bicyclic) bond motifs is 1. The minimum atomic E-state index is -4.26. The lowest BCUT2D eigenvalue weighted by Gasteiger charge is -2.26. The smallest absolute Gasteiger partial charge is 0.270 e. The lowest BCUT2D eigenvalue weighted by atomic mass is 10.2. The molecule has 33 heavy (non-hydrogen) atoms. The summed E-state index contributed by atoms with van der Waals surface area (Å²) in [4.78, 5) is 13.6. The predicted octanol–water partition coefficient (Wildman–Crippen LogP) is 2.68. The number of methoxy groups -OCH3 is 3. The number of benzene rings is 2. The van der Waals surface area contributed by atoms with E-state index in [1.54, 1.807) is 12.1 Å². The van der Waals surface area contributed by atoms with Crippen LogP contribution in [0.15, 0.2) is 47.5 Å². The fourth-order valence-electron chi connectivity index (χ4n) is 4.13. The van der Waals surface area contributed by atoms with E-state index < -0.39 is 22.0 Å². The van der Waals surface area contributed by atoms with Crippen LogP contribution in [0.5, 0.6) is 17.2 Å². The first kappa shape index (κ1) is 22.9. The molecule has 176 valence electrons. The zero-order chi connectivity index (χ0) is 23.8. The summed E-state index contributed by atoms with van der Waals surface area (Å²) < 4.78 is 46.7. The number of aromatic nitrogens is 1. The lowest BCUT2D eigenvalue weighted by molar-refractivity contribution is -0.119. The molecule has 0 bridgehead atoms. The molecule has 1 aromatic heterocycles. The van der Waals surface area contributed by atoms with Crippen molar-refractivity contribution < 1.29 is 27.4 Å². The van der Waals surface area contributed by atoms with Crippen molar-refractivity contribution in [2.45, 2.75) is 23.8 Å². The molecule has 4 rings (SSSR count). The summed E-state index contributed by atoms with van der Waals surface area (Å²) in [7, 11) is 1.95. The summed E-state index contributed by atoms with van der Waals surface area (Å²) in [6.45, 7) is 0.648. The Kier molecular flexibility index (Phi) is 6.22. The van der Waals surface area contributed by atoms with Crippen LogP contribution >= 0.6 is 0 Å². The Balaban J connectivity index is 1.90. The number of anilines is 1. The molecule has 0 spiro atoms. The second kappa shape index (κ2) is 8.95. The minimum Gasteiger partial charge on any atom is -0.493 e. The van der Waals surface area contributed by atoms with Crippen LogP contribution in [-0.2, 0) is 21.9 Å². The van der Waals surface area contributed by atoms with E-state index >= 15 is 0 Å². The summed E-state index contributed by atoms with van der Waals surface area (Å²) in [5.74, 6) is 0.240. The number of rotatable bonds is 7. The number of hydrogen-bond donors (Lipinski definition) is 1. The molecule has 10 heteroatoms. The van der Waals surface area contributed by atoms with Gasteiger partial charge in [0.15, 0.2) is 11.5 Å². The summed E-state index contributed by atoms with van der Waals surface area (Å²) in [5, 5.41) is 3.86. The highest BCUT2D eigenvalue weighted by Crippen LogP contribution is 2.42. The van der Waals surface area contributed by atoms with Crippen molar-refractivity contribution >= 4 is 32.5 Å². The molecule has 1 aliphatic heterocycles. The van der Waals surface area contributed by atoms with Crippen LogP contribution in [0, 0.1) is 0 Å². The third-order valence-electron chi connectivity index (χ3n) is 5.84. The fourth-order valence-corrected chi connectivity index (χ4v) is 5.61. The number of aryl methyl sites for hydroxylation is 1. The minimum absolute atomic E-state index is 0.0151. The molecule has 1 amide bonds. The number of carbonyl (C=O) groups is 1. The first-order valence-corrected chi connectivity index (χ1v) is 11.9. The van der Waals surface area contributed by atoms with Crippen LogP contribution in [0.2, 0.25) is 0 Å². The highest BCUT2D eigenvalue weighted by molar-refractivity contribution is 7.93. The largest absolute Gasteiger partial charge is 0.493 e. The first-order valence-electron chi connectivity index (χ1n) is 10.5. The predicted molar refractivity (Wildman–Crippen MR) is 125 cm³/mol. The molecule has 2 aromatic carbocycles. The highest BCUT2D eigenvalue weighted by atomic mass is 32.2. The Morgan fingerprint density at radius 2 is 1.76 bits per heavy atom. The third-order valence-corrected chi connectivity index (χ3v) is 7.56. The van der Waals surface area contributed by atoms with Crippen LogP contribution in [0.4, 0.5) is 5.69 Å². The average molecular weight is 474 g/mol. The molecule has 1 N–H and O–H groups in total. The third kappa shape index (κ3) is 4.00. The van der Waals surface area contributed by atoms with Crippen molar-refractivity contribution in [2.75, 3.05) is 32.2 Å². The van der Waals surface area contributed by atoms with Crippen molar-refractivity contribution in [1.82, 2.24) is 9.88 Å². The van der Waals surface area contributed by atoms with Crippen molar-refractivity contribution in [3.05, 3.63) is 42.6 Å². The summed E-state index contributed by atoms with van der Waals surface area (Å²) >= 11 is 0. The van der Waals surface area contributed by atoms with Crippen LogP contribution in [0.25, 0.3) is 10.9 Å². The van der Waals surface area contributed by atoms with Crippen LogP contribution in [0.3, 0.4) is 0 Å². The Labute approximate surface area is 192 Å².